The molecule has 0 aliphatic carbocycles. The number of nitrogens with one attached hydrogen (secondary N) is 6. The lowest BCUT2D eigenvalue weighted by Gasteiger charge is -2.27. The molecule has 1 aromatic rings. The van der Waals surface area contributed by atoms with Gasteiger partial charge in [-0.25, -0.2) is 9.78 Å². The molecule has 0 bridgehead atoms. The van der Waals surface area contributed by atoms with E-state index in [1.54, 1.807) is 13.8 Å². The predicted molar refractivity (Wildman–Crippen MR) is 148 cm³/mol. The first kappa shape index (κ1) is 36.4. The Morgan fingerprint density at radius 2 is 1.40 bits per heavy atom. The minimum Gasteiger partial charge on any atom is -0.481 e. The number of aromatic nitrogens is 2. The molecule has 1 rings (SSSR count). The number of hydrogen-bond acceptors (Lipinski definition) is 10. The first-order chi connectivity index (χ1) is 20.1. The van der Waals surface area contributed by atoms with E-state index in [1.807, 2.05) is 0 Å². The van der Waals surface area contributed by atoms with Gasteiger partial charge in [0.25, 0.3) is 0 Å². The van der Waals surface area contributed by atoms with Crippen molar-refractivity contribution in [3.63, 3.8) is 0 Å². The largest absolute Gasteiger partial charge is 0.481 e. The Morgan fingerprint density at radius 3 is 1.88 bits per heavy atom. The summed E-state index contributed by atoms with van der Waals surface area (Å²) in [6.07, 6.45) is 1.92. The van der Waals surface area contributed by atoms with Crippen molar-refractivity contribution in [2.45, 2.75) is 83.2 Å². The van der Waals surface area contributed by atoms with E-state index in [9.17, 15) is 43.8 Å². The van der Waals surface area contributed by atoms with Gasteiger partial charge in [0, 0.05) is 19.0 Å². The number of nitrogens with zero attached hydrogens (tertiary/aromatic N) is 1. The third-order valence-electron chi connectivity index (χ3n) is 6.09. The van der Waals surface area contributed by atoms with Crippen molar-refractivity contribution in [3.05, 3.63) is 18.2 Å². The minimum absolute atomic E-state index is 0.0111. The zero-order valence-electron chi connectivity index (χ0n) is 24.2. The highest BCUT2D eigenvalue weighted by atomic mass is 16.4. The smallest absolute Gasteiger partial charge is 0.326 e. The lowest BCUT2D eigenvalue weighted by molar-refractivity contribution is -0.143. The second kappa shape index (κ2) is 17.4. The van der Waals surface area contributed by atoms with Gasteiger partial charge in [0.05, 0.1) is 24.7 Å². The molecule has 6 atom stereocenters. The van der Waals surface area contributed by atoms with Gasteiger partial charge in [-0.2, -0.15) is 0 Å². The van der Waals surface area contributed by atoms with Crippen molar-refractivity contribution >= 4 is 41.5 Å². The molecule has 240 valence electrons. The molecule has 0 saturated heterocycles. The number of rotatable bonds is 18. The summed E-state index contributed by atoms with van der Waals surface area (Å²) in [7, 11) is 0. The van der Waals surface area contributed by atoms with E-state index in [4.69, 9.17) is 10.8 Å². The number of aliphatic carboxylic acids is 2. The molecule has 1 aromatic heterocycles. The molecule has 0 aromatic carbocycles. The molecule has 0 aliphatic rings. The number of hydrogen-bond donors (Lipinski definition) is 10. The Labute approximate surface area is 246 Å². The molecule has 18 nitrogen and oxygen atoms in total. The van der Waals surface area contributed by atoms with Crippen LogP contribution in [0.1, 0.15) is 46.2 Å². The fraction of sp³-hybridized carbons (Fsp3) is 0.600. The monoisotopic (exact) mass is 612 g/mol. The highest BCUT2D eigenvalue weighted by Gasteiger charge is 2.32. The van der Waals surface area contributed by atoms with Crippen LogP contribution in [-0.2, 0) is 40.0 Å². The minimum atomic E-state index is -1.62. The topological polar surface area (TPSA) is 295 Å². The van der Waals surface area contributed by atoms with Gasteiger partial charge in [-0.15, -0.1) is 0 Å². The molecular formula is C25H40N8O10. The number of aromatic amines is 1. The molecule has 0 saturated carbocycles. The standard InChI is InChI=1S/C25H40N8O10/c1-11(2)19(24(41)32-17(9-34)23(40)30-15(25(42)43)5-6-18(35)36)33-21(38)13(4)29-22(39)16(31-20(37)12(3)26)7-14-8-27-10-28-14/h8,10-13,15-17,19,34H,5-7,9,26H2,1-4H3,(H,27,28)(H,29,39)(H,30,40)(H,31,37)(H,32,41)(H,33,38)(H,35,36)(H,42,43)/t12-,13-,15-,16-,17-,19-/m0/s1. The Bertz CT molecular complexity index is 1140. The number of amides is 5. The summed E-state index contributed by atoms with van der Waals surface area (Å²) in [6, 6.07) is -7.70. The maximum Gasteiger partial charge on any atom is 0.326 e. The summed E-state index contributed by atoms with van der Waals surface area (Å²) in [6.45, 7) is 5.00. The van der Waals surface area contributed by atoms with Crippen molar-refractivity contribution < 1.29 is 48.9 Å². The predicted octanol–water partition coefficient (Wildman–Crippen LogP) is -3.66. The van der Waals surface area contributed by atoms with E-state index in [2.05, 4.69) is 36.6 Å². The number of aliphatic hydroxyl groups is 1. The van der Waals surface area contributed by atoms with Gasteiger partial charge in [0.1, 0.15) is 30.2 Å². The lowest BCUT2D eigenvalue weighted by atomic mass is 10.0. The summed E-state index contributed by atoms with van der Waals surface area (Å²) in [5, 5.41) is 39.4. The van der Waals surface area contributed by atoms with Crippen LogP contribution in [0.25, 0.3) is 0 Å². The maximum atomic E-state index is 13.0. The molecule has 0 fully saturated rings. The molecule has 43 heavy (non-hydrogen) atoms. The Morgan fingerprint density at radius 1 is 0.814 bits per heavy atom. The lowest BCUT2D eigenvalue weighted by Crippen LogP contribution is -2.60. The quantitative estimate of drug-likeness (QED) is 0.0767. The molecular weight excluding hydrogens is 572 g/mol. The van der Waals surface area contributed by atoms with E-state index >= 15 is 0 Å². The fourth-order valence-corrected chi connectivity index (χ4v) is 3.57. The van der Waals surface area contributed by atoms with Crippen LogP contribution in [0.5, 0.6) is 0 Å². The number of aliphatic hydroxyl groups excluding tert-OH is 1. The van der Waals surface area contributed by atoms with Gasteiger partial charge >= 0.3 is 11.9 Å². The Kier molecular flexibility index (Phi) is 14.7. The Balaban J connectivity index is 2.90. The molecule has 1 heterocycles. The number of H-pyrrole nitrogens is 1. The number of carboxylic acid groups (broad SMARTS) is 2. The van der Waals surface area contributed by atoms with Crippen molar-refractivity contribution in [2.24, 2.45) is 11.7 Å². The van der Waals surface area contributed by atoms with E-state index in [0.717, 1.165) is 0 Å². The van der Waals surface area contributed by atoms with E-state index < -0.39 is 103 Å². The second-order valence-corrected chi connectivity index (χ2v) is 10.2. The van der Waals surface area contributed by atoms with Crippen molar-refractivity contribution in [1.29, 1.82) is 0 Å². The van der Waals surface area contributed by atoms with Crippen molar-refractivity contribution in [2.75, 3.05) is 6.61 Å². The average Bonchev–Trinajstić information content (AvgIpc) is 3.44. The summed E-state index contributed by atoms with van der Waals surface area (Å²) in [5.74, 6) is -7.44. The maximum absolute atomic E-state index is 13.0. The first-order valence-electron chi connectivity index (χ1n) is 13.4. The number of nitrogens with two attached hydrogens (primary N) is 1. The van der Waals surface area contributed by atoms with Gasteiger partial charge in [-0.05, 0) is 26.2 Å². The van der Waals surface area contributed by atoms with Crippen LogP contribution < -0.4 is 32.3 Å². The highest BCUT2D eigenvalue weighted by molar-refractivity contribution is 5.96. The van der Waals surface area contributed by atoms with Gasteiger partial charge < -0.3 is 52.6 Å². The fourth-order valence-electron chi connectivity index (χ4n) is 3.57. The normalized spacial score (nSPS) is 15.1. The molecule has 11 N–H and O–H groups in total. The van der Waals surface area contributed by atoms with Crippen LogP contribution in [-0.4, -0.2) is 110 Å². The van der Waals surface area contributed by atoms with E-state index in [-0.39, 0.29) is 6.42 Å². The second-order valence-electron chi connectivity index (χ2n) is 10.2. The third kappa shape index (κ3) is 12.4. The summed E-state index contributed by atoms with van der Waals surface area (Å²) in [4.78, 5) is 92.4. The zero-order chi connectivity index (χ0) is 32.9. The summed E-state index contributed by atoms with van der Waals surface area (Å²) in [5.41, 5.74) is 6.04. The molecule has 0 spiro atoms. The van der Waals surface area contributed by atoms with Crippen molar-refractivity contribution in [1.82, 2.24) is 36.6 Å². The molecule has 0 radical (unpaired) electrons. The zero-order valence-corrected chi connectivity index (χ0v) is 24.2. The van der Waals surface area contributed by atoms with Crippen LogP contribution in [0.2, 0.25) is 0 Å². The number of carbonyl (C=O) groups is 7. The van der Waals surface area contributed by atoms with Gasteiger partial charge in [0.2, 0.25) is 29.5 Å². The molecule has 5 amide bonds. The third-order valence-corrected chi connectivity index (χ3v) is 6.09. The SMILES string of the molecule is CC(C)[C@H](NC(=O)[C@H](C)NC(=O)[C@H](Cc1c[nH]cn1)NC(=O)[C@H](C)N)C(=O)N[C@@H](CO)C(=O)N[C@@H](CCC(=O)O)C(=O)O. The number of carboxylic acids is 2. The molecule has 0 unspecified atom stereocenters. The van der Waals surface area contributed by atoms with Gasteiger partial charge in [0.15, 0.2) is 0 Å². The van der Waals surface area contributed by atoms with Crippen molar-refractivity contribution in [3.8, 4) is 0 Å². The molecule has 0 aliphatic heterocycles. The molecule has 18 heteroatoms. The average molecular weight is 613 g/mol. The first-order valence-corrected chi connectivity index (χ1v) is 13.4. The Hall–Kier alpha value is -4.58. The van der Waals surface area contributed by atoms with Crippen LogP contribution in [0.3, 0.4) is 0 Å². The van der Waals surface area contributed by atoms with Crippen LogP contribution >= 0.6 is 0 Å². The van der Waals surface area contributed by atoms with Gasteiger partial charge in [-0.1, -0.05) is 13.8 Å². The highest BCUT2D eigenvalue weighted by Crippen LogP contribution is 2.06. The van der Waals surface area contributed by atoms with Crippen LogP contribution in [0.4, 0.5) is 0 Å². The number of imidazole rings is 1. The summed E-state index contributed by atoms with van der Waals surface area (Å²) < 4.78 is 0. The van der Waals surface area contributed by atoms with Crippen LogP contribution in [0.15, 0.2) is 12.5 Å². The number of carbonyl (C=O) groups excluding carboxylic acids is 5. The van der Waals surface area contributed by atoms with Gasteiger partial charge in [-0.3, -0.25) is 28.8 Å². The van der Waals surface area contributed by atoms with E-state index in [0.29, 0.717) is 5.69 Å². The van der Waals surface area contributed by atoms with Crippen LogP contribution in [0, 0.1) is 5.92 Å². The van der Waals surface area contributed by atoms with E-state index in [1.165, 1.54) is 26.4 Å². The summed E-state index contributed by atoms with van der Waals surface area (Å²) >= 11 is 0.